The summed E-state index contributed by atoms with van der Waals surface area (Å²) in [6.07, 6.45) is 0.946. The molecule has 1 rings (SSSR count). The third kappa shape index (κ3) is 3.12. The van der Waals surface area contributed by atoms with Crippen LogP contribution in [0.2, 0.25) is 0 Å². The molecule has 0 aliphatic heterocycles. The molecule has 0 amide bonds. The molecule has 14 heavy (non-hydrogen) atoms. The fraction of sp³-hybridized carbons (Fsp3) is 0.400. The van der Waals surface area contributed by atoms with Gasteiger partial charge in [0, 0.05) is 0 Å². The Hall–Kier alpha value is -0.870. The van der Waals surface area contributed by atoms with E-state index < -0.39 is 0 Å². The second kappa shape index (κ2) is 5.78. The molecule has 3 nitrogen and oxygen atoms in total. The largest absolute Gasteiger partial charge is 0.507 e. The van der Waals surface area contributed by atoms with E-state index in [1.807, 2.05) is 6.07 Å². The number of aromatic hydroxyl groups is 1. The van der Waals surface area contributed by atoms with Gasteiger partial charge in [-0.15, -0.1) is 11.8 Å². The summed E-state index contributed by atoms with van der Waals surface area (Å²) < 4.78 is 5.07. The minimum Gasteiger partial charge on any atom is -0.507 e. The molecular formula is C10H15NO2S. The van der Waals surface area contributed by atoms with E-state index in [1.165, 1.54) is 0 Å². The van der Waals surface area contributed by atoms with Crippen molar-refractivity contribution in [1.82, 2.24) is 0 Å². The smallest absolute Gasteiger partial charge is 0.129 e. The van der Waals surface area contributed by atoms with E-state index in [9.17, 15) is 5.11 Å². The Kier molecular flexibility index (Phi) is 4.62. The first kappa shape index (κ1) is 11.2. The zero-order valence-electron chi connectivity index (χ0n) is 8.19. The van der Waals surface area contributed by atoms with Gasteiger partial charge in [-0.05, 0) is 36.9 Å². The van der Waals surface area contributed by atoms with E-state index in [1.54, 1.807) is 31.0 Å². The number of nitrogens with two attached hydrogens (primary N) is 1. The van der Waals surface area contributed by atoms with Gasteiger partial charge in [-0.25, -0.2) is 0 Å². The van der Waals surface area contributed by atoms with Crippen LogP contribution in [0.3, 0.4) is 0 Å². The Morgan fingerprint density at radius 2 is 2.29 bits per heavy atom. The first-order valence-electron chi connectivity index (χ1n) is 4.48. The van der Waals surface area contributed by atoms with Crippen molar-refractivity contribution in [3.63, 3.8) is 0 Å². The number of phenolic OH excluding ortho intramolecular Hbond substituents is 1. The highest BCUT2D eigenvalue weighted by atomic mass is 32.2. The molecule has 4 heteroatoms. The molecule has 0 spiro atoms. The molecule has 78 valence electrons. The molecule has 0 bridgehead atoms. The SMILES string of the molecule is COc1ccc(O)c(SCCCN)c1. The van der Waals surface area contributed by atoms with E-state index in [-0.39, 0.29) is 0 Å². The fourth-order valence-corrected chi connectivity index (χ4v) is 1.95. The van der Waals surface area contributed by atoms with E-state index in [0.29, 0.717) is 12.3 Å². The molecule has 1 aromatic carbocycles. The number of phenols is 1. The van der Waals surface area contributed by atoms with Gasteiger partial charge in [0.15, 0.2) is 0 Å². The molecule has 0 heterocycles. The fourth-order valence-electron chi connectivity index (χ4n) is 1.00. The summed E-state index contributed by atoms with van der Waals surface area (Å²) >= 11 is 1.59. The Labute approximate surface area is 88.3 Å². The second-order valence-corrected chi connectivity index (χ2v) is 3.96. The van der Waals surface area contributed by atoms with Crippen molar-refractivity contribution in [3.8, 4) is 11.5 Å². The number of ether oxygens (including phenoxy) is 1. The van der Waals surface area contributed by atoms with Crippen molar-refractivity contribution in [2.45, 2.75) is 11.3 Å². The van der Waals surface area contributed by atoms with Gasteiger partial charge in [0.1, 0.15) is 11.5 Å². The van der Waals surface area contributed by atoms with Crippen LogP contribution in [0.5, 0.6) is 11.5 Å². The van der Waals surface area contributed by atoms with Crippen LogP contribution in [-0.2, 0) is 0 Å². The molecule has 0 atom stereocenters. The maximum Gasteiger partial charge on any atom is 0.129 e. The predicted molar refractivity (Wildman–Crippen MR) is 59.1 cm³/mol. The van der Waals surface area contributed by atoms with Crippen LogP contribution >= 0.6 is 11.8 Å². The molecule has 0 saturated carbocycles. The van der Waals surface area contributed by atoms with Crippen LogP contribution in [0.25, 0.3) is 0 Å². The first-order valence-corrected chi connectivity index (χ1v) is 5.46. The second-order valence-electron chi connectivity index (χ2n) is 2.82. The number of hydrogen-bond donors (Lipinski definition) is 2. The Balaban J connectivity index is 2.64. The molecule has 0 aromatic heterocycles. The minimum absolute atomic E-state index is 0.299. The number of rotatable bonds is 5. The highest BCUT2D eigenvalue weighted by molar-refractivity contribution is 7.99. The summed E-state index contributed by atoms with van der Waals surface area (Å²) in [5, 5.41) is 9.52. The van der Waals surface area contributed by atoms with Crippen molar-refractivity contribution >= 4 is 11.8 Å². The Morgan fingerprint density at radius 1 is 1.50 bits per heavy atom. The van der Waals surface area contributed by atoms with Crippen molar-refractivity contribution in [2.75, 3.05) is 19.4 Å². The van der Waals surface area contributed by atoms with Crippen LogP contribution in [-0.4, -0.2) is 24.5 Å². The van der Waals surface area contributed by atoms with Crippen molar-refractivity contribution in [1.29, 1.82) is 0 Å². The van der Waals surface area contributed by atoms with Gasteiger partial charge in [-0.3, -0.25) is 0 Å². The molecule has 1 aromatic rings. The Morgan fingerprint density at radius 3 is 2.93 bits per heavy atom. The van der Waals surface area contributed by atoms with Gasteiger partial charge in [0.25, 0.3) is 0 Å². The molecule has 0 unspecified atom stereocenters. The Bertz CT molecular complexity index is 291. The van der Waals surface area contributed by atoms with E-state index in [2.05, 4.69) is 0 Å². The third-order valence-corrected chi connectivity index (χ3v) is 2.90. The van der Waals surface area contributed by atoms with Crippen molar-refractivity contribution in [3.05, 3.63) is 18.2 Å². The summed E-state index contributed by atoms with van der Waals surface area (Å²) in [5.41, 5.74) is 5.39. The lowest BCUT2D eigenvalue weighted by Crippen LogP contribution is -1.99. The maximum absolute atomic E-state index is 9.52. The molecule has 0 aliphatic rings. The van der Waals surface area contributed by atoms with Gasteiger partial charge in [0.05, 0.1) is 12.0 Å². The summed E-state index contributed by atoms with van der Waals surface area (Å²) in [6.45, 7) is 0.678. The maximum atomic E-state index is 9.52. The normalized spacial score (nSPS) is 10.1. The number of benzene rings is 1. The first-order chi connectivity index (χ1) is 6.77. The zero-order chi connectivity index (χ0) is 10.4. The van der Waals surface area contributed by atoms with Crippen LogP contribution in [0.15, 0.2) is 23.1 Å². The zero-order valence-corrected chi connectivity index (χ0v) is 9.01. The number of thioether (sulfide) groups is 1. The van der Waals surface area contributed by atoms with Crippen molar-refractivity contribution < 1.29 is 9.84 Å². The predicted octanol–water partition coefficient (Wildman–Crippen LogP) is 1.84. The van der Waals surface area contributed by atoms with Crippen LogP contribution in [0, 0.1) is 0 Å². The third-order valence-electron chi connectivity index (χ3n) is 1.77. The molecule has 0 saturated heterocycles. The lowest BCUT2D eigenvalue weighted by Gasteiger charge is -2.06. The molecule has 0 aliphatic carbocycles. The summed E-state index contributed by atoms with van der Waals surface area (Å²) in [7, 11) is 1.61. The van der Waals surface area contributed by atoms with Gasteiger partial charge in [-0.2, -0.15) is 0 Å². The lowest BCUT2D eigenvalue weighted by molar-refractivity contribution is 0.409. The molecule has 3 N–H and O–H groups in total. The van der Waals surface area contributed by atoms with Crippen LogP contribution < -0.4 is 10.5 Å². The summed E-state index contributed by atoms with van der Waals surface area (Å²) in [6, 6.07) is 5.21. The van der Waals surface area contributed by atoms with E-state index in [4.69, 9.17) is 10.5 Å². The van der Waals surface area contributed by atoms with Gasteiger partial charge in [0.2, 0.25) is 0 Å². The topological polar surface area (TPSA) is 55.5 Å². The standard InChI is InChI=1S/C10H15NO2S/c1-13-8-3-4-9(12)10(7-8)14-6-2-5-11/h3-4,7,12H,2,5-6,11H2,1H3. The molecular weight excluding hydrogens is 198 g/mol. The summed E-state index contributed by atoms with van der Waals surface area (Å²) in [5.74, 6) is 1.97. The number of methoxy groups -OCH3 is 1. The monoisotopic (exact) mass is 213 g/mol. The van der Waals surface area contributed by atoms with Crippen molar-refractivity contribution in [2.24, 2.45) is 5.73 Å². The average Bonchev–Trinajstić information content (AvgIpc) is 2.21. The lowest BCUT2D eigenvalue weighted by atomic mass is 10.3. The highest BCUT2D eigenvalue weighted by Crippen LogP contribution is 2.31. The van der Waals surface area contributed by atoms with E-state index >= 15 is 0 Å². The molecule has 0 fully saturated rings. The van der Waals surface area contributed by atoms with Gasteiger partial charge in [-0.1, -0.05) is 0 Å². The quantitative estimate of drug-likeness (QED) is 0.579. The number of hydrogen-bond acceptors (Lipinski definition) is 4. The summed E-state index contributed by atoms with van der Waals surface area (Å²) in [4.78, 5) is 0.845. The van der Waals surface area contributed by atoms with Crippen LogP contribution in [0.1, 0.15) is 6.42 Å². The molecule has 0 radical (unpaired) electrons. The van der Waals surface area contributed by atoms with Gasteiger partial charge < -0.3 is 15.6 Å². The van der Waals surface area contributed by atoms with E-state index in [0.717, 1.165) is 22.8 Å². The highest BCUT2D eigenvalue weighted by Gasteiger charge is 2.03. The van der Waals surface area contributed by atoms with Crippen LogP contribution in [0.4, 0.5) is 0 Å². The average molecular weight is 213 g/mol. The minimum atomic E-state index is 0.299. The van der Waals surface area contributed by atoms with Gasteiger partial charge >= 0.3 is 0 Å².